The first-order chi connectivity index (χ1) is 8.59. The smallest absolute Gasteiger partial charge is 0.127 e. The average molecular weight is 285 g/mol. The largest absolute Gasteiger partial charge is 0.388 e. The minimum Gasteiger partial charge on any atom is -0.388 e. The zero-order valence-corrected chi connectivity index (χ0v) is 10.9. The summed E-state index contributed by atoms with van der Waals surface area (Å²) in [6, 6.07) is 11.4. The second kappa shape index (κ2) is 5.70. The summed E-state index contributed by atoms with van der Waals surface area (Å²) in [5.41, 5.74) is 0.866. The van der Waals surface area contributed by atoms with Gasteiger partial charge in [-0.3, -0.25) is 0 Å². The minimum atomic E-state index is -0.881. The van der Waals surface area contributed by atoms with Crippen molar-refractivity contribution in [2.24, 2.45) is 0 Å². The number of benzene rings is 2. The van der Waals surface area contributed by atoms with Gasteiger partial charge in [0, 0.05) is 22.0 Å². The van der Waals surface area contributed by atoms with E-state index in [1.165, 1.54) is 12.1 Å². The second-order valence-electron chi connectivity index (χ2n) is 3.94. The van der Waals surface area contributed by atoms with E-state index in [2.05, 4.69) is 0 Å². The molecule has 2 rings (SSSR count). The van der Waals surface area contributed by atoms with Gasteiger partial charge in [0.15, 0.2) is 0 Å². The molecule has 1 unspecified atom stereocenters. The quantitative estimate of drug-likeness (QED) is 0.885. The van der Waals surface area contributed by atoms with E-state index in [1.54, 1.807) is 30.3 Å². The molecule has 0 aliphatic rings. The zero-order valence-electron chi connectivity index (χ0n) is 9.41. The fraction of sp³-hybridized carbons (Fsp3) is 0.143. The summed E-state index contributed by atoms with van der Waals surface area (Å²) in [6.07, 6.45) is -0.789. The Morgan fingerprint density at radius 1 is 1.00 bits per heavy atom. The van der Waals surface area contributed by atoms with Gasteiger partial charge in [-0.1, -0.05) is 47.5 Å². The fourth-order valence-electron chi connectivity index (χ4n) is 1.78. The van der Waals surface area contributed by atoms with Gasteiger partial charge in [-0.2, -0.15) is 0 Å². The summed E-state index contributed by atoms with van der Waals surface area (Å²) in [4.78, 5) is 0. The molecule has 0 bridgehead atoms. The van der Waals surface area contributed by atoms with Gasteiger partial charge in [0.2, 0.25) is 0 Å². The number of aliphatic hydroxyl groups excluding tert-OH is 1. The van der Waals surface area contributed by atoms with Gasteiger partial charge in [0.05, 0.1) is 6.10 Å². The van der Waals surface area contributed by atoms with E-state index in [-0.39, 0.29) is 6.42 Å². The molecule has 1 nitrogen and oxygen atoms in total. The standard InChI is InChI=1S/C14H11Cl2FO/c15-11-5-2-1-4-9(11)14(18)8-10-12(16)6-3-7-13(10)17/h1-7,14,18H,8H2. The lowest BCUT2D eigenvalue weighted by molar-refractivity contribution is 0.177. The van der Waals surface area contributed by atoms with Crippen LogP contribution in [-0.4, -0.2) is 5.11 Å². The number of hydrogen-bond acceptors (Lipinski definition) is 1. The summed E-state index contributed by atoms with van der Waals surface area (Å²) in [7, 11) is 0. The molecular weight excluding hydrogens is 274 g/mol. The van der Waals surface area contributed by atoms with Gasteiger partial charge in [-0.25, -0.2) is 4.39 Å². The molecule has 0 saturated carbocycles. The van der Waals surface area contributed by atoms with Crippen molar-refractivity contribution in [3.05, 3.63) is 69.5 Å². The molecule has 0 fully saturated rings. The summed E-state index contributed by atoms with van der Waals surface area (Å²) in [5, 5.41) is 10.9. The van der Waals surface area contributed by atoms with Gasteiger partial charge < -0.3 is 5.11 Å². The van der Waals surface area contributed by atoms with E-state index in [9.17, 15) is 9.50 Å². The Morgan fingerprint density at radius 3 is 2.33 bits per heavy atom. The van der Waals surface area contributed by atoms with Crippen molar-refractivity contribution < 1.29 is 9.50 Å². The Labute approximate surface area is 115 Å². The predicted octanol–water partition coefficient (Wildman–Crippen LogP) is 4.41. The van der Waals surface area contributed by atoms with Gasteiger partial charge >= 0.3 is 0 Å². The van der Waals surface area contributed by atoms with Crippen LogP contribution < -0.4 is 0 Å². The Balaban J connectivity index is 2.27. The molecule has 1 N–H and O–H groups in total. The van der Waals surface area contributed by atoms with Crippen LogP contribution in [0.1, 0.15) is 17.2 Å². The topological polar surface area (TPSA) is 20.2 Å². The molecule has 4 heteroatoms. The van der Waals surface area contributed by atoms with Gasteiger partial charge in [-0.15, -0.1) is 0 Å². The lowest BCUT2D eigenvalue weighted by Crippen LogP contribution is -2.04. The van der Waals surface area contributed by atoms with Crippen molar-refractivity contribution in [2.45, 2.75) is 12.5 Å². The van der Waals surface area contributed by atoms with Crippen LogP contribution in [0.4, 0.5) is 4.39 Å². The predicted molar refractivity (Wildman–Crippen MR) is 71.5 cm³/mol. The fourth-order valence-corrected chi connectivity index (χ4v) is 2.28. The maximum absolute atomic E-state index is 13.6. The number of aliphatic hydroxyl groups is 1. The van der Waals surface area contributed by atoms with Crippen molar-refractivity contribution in [3.63, 3.8) is 0 Å². The van der Waals surface area contributed by atoms with E-state index < -0.39 is 11.9 Å². The summed E-state index contributed by atoms with van der Waals surface area (Å²) in [5.74, 6) is -0.423. The summed E-state index contributed by atoms with van der Waals surface area (Å²) in [6.45, 7) is 0. The van der Waals surface area contributed by atoms with Crippen LogP contribution in [0.3, 0.4) is 0 Å². The number of rotatable bonds is 3. The first-order valence-corrected chi connectivity index (χ1v) is 6.20. The molecule has 0 saturated heterocycles. The second-order valence-corrected chi connectivity index (χ2v) is 4.76. The minimum absolute atomic E-state index is 0.0925. The van der Waals surface area contributed by atoms with E-state index in [1.807, 2.05) is 0 Å². The van der Waals surface area contributed by atoms with Crippen LogP contribution in [0.25, 0.3) is 0 Å². The molecular formula is C14H11Cl2FO. The Hall–Kier alpha value is -1.09. The first kappa shape index (κ1) is 13.3. The highest BCUT2D eigenvalue weighted by Gasteiger charge is 2.16. The lowest BCUT2D eigenvalue weighted by Gasteiger charge is -2.14. The Kier molecular flexibility index (Phi) is 4.23. The summed E-state index contributed by atoms with van der Waals surface area (Å²) >= 11 is 11.9. The average Bonchev–Trinajstić information content (AvgIpc) is 2.34. The molecule has 0 aliphatic heterocycles. The van der Waals surface area contributed by atoms with Crippen LogP contribution in [0.15, 0.2) is 42.5 Å². The number of halogens is 3. The van der Waals surface area contributed by atoms with Crippen molar-refractivity contribution in [1.82, 2.24) is 0 Å². The third-order valence-corrected chi connectivity index (χ3v) is 3.42. The van der Waals surface area contributed by atoms with Crippen molar-refractivity contribution in [2.75, 3.05) is 0 Å². The highest BCUT2D eigenvalue weighted by Crippen LogP contribution is 2.29. The Morgan fingerprint density at radius 2 is 1.67 bits per heavy atom. The van der Waals surface area contributed by atoms with Crippen LogP contribution in [0, 0.1) is 5.82 Å². The molecule has 0 aliphatic carbocycles. The van der Waals surface area contributed by atoms with Crippen LogP contribution in [0.5, 0.6) is 0 Å². The van der Waals surface area contributed by atoms with E-state index in [0.29, 0.717) is 21.2 Å². The van der Waals surface area contributed by atoms with Crippen LogP contribution in [-0.2, 0) is 6.42 Å². The molecule has 94 valence electrons. The maximum atomic E-state index is 13.6. The Bertz CT molecular complexity index is 537. The zero-order chi connectivity index (χ0) is 13.1. The third-order valence-electron chi connectivity index (χ3n) is 2.72. The molecule has 18 heavy (non-hydrogen) atoms. The van der Waals surface area contributed by atoms with E-state index in [0.717, 1.165) is 0 Å². The first-order valence-electron chi connectivity index (χ1n) is 5.45. The van der Waals surface area contributed by atoms with Gasteiger partial charge in [0.1, 0.15) is 5.82 Å². The molecule has 0 spiro atoms. The monoisotopic (exact) mass is 284 g/mol. The normalized spacial score (nSPS) is 12.4. The highest BCUT2D eigenvalue weighted by molar-refractivity contribution is 6.31. The van der Waals surface area contributed by atoms with Gasteiger partial charge in [0.25, 0.3) is 0 Å². The third kappa shape index (κ3) is 2.83. The number of hydrogen-bond donors (Lipinski definition) is 1. The van der Waals surface area contributed by atoms with Gasteiger partial charge in [-0.05, 0) is 23.8 Å². The molecule has 0 aromatic heterocycles. The molecule has 0 amide bonds. The maximum Gasteiger partial charge on any atom is 0.127 e. The van der Waals surface area contributed by atoms with E-state index in [4.69, 9.17) is 23.2 Å². The summed E-state index contributed by atoms with van der Waals surface area (Å²) < 4.78 is 13.6. The van der Waals surface area contributed by atoms with Crippen LogP contribution in [0.2, 0.25) is 10.0 Å². The lowest BCUT2D eigenvalue weighted by atomic mass is 10.0. The molecule has 1 atom stereocenters. The molecule has 2 aromatic rings. The molecule has 2 aromatic carbocycles. The highest BCUT2D eigenvalue weighted by atomic mass is 35.5. The van der Waals surface area contributed by atoms with Crippen molar-refractivity contribution >= 4 is 23.2 Å². The molecule has 0 heterocycles. The van der Waals surface area contributed by atoms with E-state index >= 15 is 0 Å². The molecule has 0 radical (unpaired) electrons. The van der Waals surface area contributed by atoms with Crippen LogP contribution >= 0.6 is 23.2 Å². The van der Waals surface area contributed by atoms with Crippen molar-refractivity contribution in [1.29, 1.82) is 0 Å². The SMILES string of the molecule is OC(Cc1c(F)cccc1Cl)c1ccccc1Cl. The van der Waals surface area contributed by atoms with Crippen molar-refractivity contribution in [3.8, 4) is 0 Å².